The molecular formula is C16H26O2. The van der Waals surface area contributed by atoms with Gasteiger partial charge in [0.25, 0.3) is 0 Å². The molecule has 18 heavy (non-hydrogen) atoms. The largest absolute Gasteiger partial charge is 0.373 e. The second-order valence-electron chi connectivity index (χ2n) is 6.85. The van der Waals surface area contributed by atoms with Gasteiger partial charge < -0.3 is 4.74 Å². The second kappa shape index (κ2) is 4.96. The SMILES string of the molecule is CC1CCC(OC2CC(=O)C23CCCCC3)CC1. The van der Waals surface area contributed by atoms with Crippen LogP contribution < -0.4 is 0 Å². The van der Waals surface area contributed by atoms with Crippen LogP contribution in [0.3, 0.4) is 0 Å². The molecule has 0 aromatic carbocycles. The smallest absolute Gasteiger partial charge is 0.144 e. The van der Waals surface area contributed by atoms with Crippen LogP contribution in [0.25, 0.3) is 0 Å². The van der Waals surface area contributed by atoms with Crippen LogP contribution in [0.15, 0.2) is 0 Å². The predicted octanol–water partition coefficient (Wildman–Crippen LogP) is 3.87. The van der Waals surface area contributed by atoms with Crippen LogP contribution in [0.2, 0.25) is 0 Å². The van der Waals surface area contributed by atoms with Gasteiger partial charge in [0.2, 0.25) is 0 Å². The van der Waals surface area contributed by atoms with E-state index in [-0.39, 0.29) is 11.5 Å². The van der Waals surface area contributed by atoms with Crippen LogP contribution in [-0.4, -0.2) is 18.0 Å². The van der Waals surface area contributed by atoms with Gasteiger partial charge in [-0.05, 0) is 44.4 Å². The first-order chi connectivity index (χ1) is 8.71. The van der Waals surface area contributed by atoms with Crippen molar-refractivity contribution in [1.82, 2.24) is 0 Å². The molecule has 3 aliphatic rings. The van der Waals surface area contributed by atoms with Gasteiger partial charge in [-0.3, -0.25) is 4.79 Å². The molecule has 102 valence electrons. The number of ether oxygens (including phenoxy) is 1. The van der Waals surface area contributed by atoms with E-state index in [1.807, 2.05) is 0 Å². The van der Waals surface area contributed by atoms with Gasteiger partial charge >= 0.3 is 0 Å². The number of rotatable bonds is 2. The van der Waals surface area contributed by atoms with E-state index in [2.05, 4.69) is 6.92 Å². The van der Waals surface area contributed by atoms with E-state index < -0.39 is 0 Å². The standard InChI is InChI=1S/C16H26O2/c1-12-5-7-13(8-6-12)18-15-11-14(17)16(15)9-3-2-4-10-16/h12-13,15H,2-11H2,1H3. The molecule has 3 rings (SSSR count). The summed E-state index contributed by atoms with van der Waals surface area (Å²) < 4.78 is 6.32. The Morgan fingerprint density at radius 2 is 1.72 bits per heavy atom. The Labute approximate surface area is 110 Å². The molecule has 0 radical (unpaired) electrons. The average molecular weight is 250 g/mol. The van der Waals surface area contributed by atoms with Crippen LogP contribution in [0.5, 0.6) is 0 Å². The number of carbonyl (C=O) groups excluding carboxylic acids is 1. The number of hydrogen-bond acceptors (Lipinski definition) is 2. The van der Waals surface area contributed by atoms with Crippen molar-refractivity contribution in [2.75, 3.05) is 0 Å². The third-order valence-electron chi connectivity index (χ3n) is 5.61. The molecule has 0 amide bonds. The van der Waals surface area contributed by atoms with Gasteiger partial charge in [-0.15, -0.1) is 0 Å². The predicted molar refractivity (Wildman–Crippen MR) is 71.4 cm³/mol. The number of ketones is 1. The molecule has 1 unspecified atom stereocenters. The Balaban J connectivity index is 1.58. The van der Waals surface area contributed by atoms with Crippen molar-refractivity contribution in [3.63, 3.8) is 0 Å². The number of hydrogen-bond donors (Lipinski definition) is 0. The van der Waals surface area contributed by atoms with Gasteiger partial charge in [0, 0.05) is 6.42 Å². The molecule has 0 aromatic rings. The zero-order valence-corrected chi connectivity index (χ0v) is 11.6. The van der Waals surface area contributed by atoms with Crippen LogP contribution in [-0.2, 0) is 9.53 Å². The van der Waals surface area contributed by atoms with Crippen molar-refractivity contribution in [2.45, 2.75) is 83.3 Å². The lowest BCUT2D eigenvalue weighted by Gasteiger charge is -2.51. The van der Waals surface area contributed by atoms with E-state index in [9.17, 15) is 4.79 Å². The van der Waals surface area contributed by atoms with E-state index >= 15 is 0 Å². The van der Waals surface area contributed by atoms with Crippen molar-refractivity contribution in [3.8, 4) is 0 Å². The molecule has 0 saturated heterocycles. The van der Waals surface area contributed by atoms with E-state index in [0.717, 1.165) is 18.8 Å². The summed E-state index contributed by atoms with van der Waals surface area (Å²) in [7, 11) is 0. The maximum absolute atomic E-state index is 12.0. The summed E-state index contributed by atoms with van der Waals surface area (Å²) in [5, 5.41) is 0. The lowest BCUT2D eigenvalue weighted by Crippen LogP contribution is -2.57. The molecule has 0 N–H and O–H groups in total. The van der Waals surface area contributed by atoms with E-state index in [1.165, 1.54) is 44.9 Å². The topological polar surface area (TPSA) is 26.3 Å². The van der Waals surface area contributed by atoms with E-state index in [4.69, 9.17) is 4.74 Å². The van der Waals surface area contributed by atoms with Crippen molar-refractivity contribution >= 4 is 5.78 Å². The molecule has 1 spiro atoms. The molecule has 0 aromatic heterocycles. The van der Waals surface area contributed by atoms with Crippen molar-refractivity contribution < 1.29 is 9.53 Å². The van der Waals surface area contributed by atoms with Gasteiger partial charge in [-0.25, -0.2) is 0 Å². The average Bonchev–Trinajstić information content (AvgIpc) is 2.42. The van der Waals surface area contributed by atoms with Gasteiger partial charge in [-0.1, -0.05) is 26.2 Å². The van der Waals surface area contributed by atoms with Crippen molar-refractivity contribution in [1.29, 1.82) is 0 Å². The fourth-order valence-electron chi connectivity index (χ4n) is 4.18. The molecule has 2 nitrogen and oxygen atoms in total. The summed E-state index contributed by atoms with van der Waals surface area (Å²) in [5.74, 6) is 1.37. The van der Waals surface area contributed by atoms with Gasteiger partial charge in [0.05, 0.1) is 17.6 Å². The minimum absolute atomic E-state index is 0.0404. The minimum Gasteiger partial charge on any atom is -0.373 e. The fraction of sp³-hybridized carbons (Fsp3) is 0.938. The highest BCUT2D eigenvalue weighted by molar-refractivity contribution is 5.92. The van der Waals surface area contributed by atoms with E-state index in [1.54, 1.807) is 0 Å². The molecule has 3 saturated carbocycles. The van der Waals surface area contributed by atoms with Crippen molar-refractivity contribution in [3.05, 3.63) is 0 Å². The first-order valence-corrected chi connectivity index (χ1v) is 7.89. The normalized spacial score (nSPS) is 39.6. The summed E-state index contributed by atoms with van der Waals surface area (Å²) in [6.07, 6.45) is 12.4. The Morgan fingerprint density at radius 1 is 1.06 bits per heavy atom. The third kappa shape index (κ3) is 2.13. The summed E-state index contributed by atoms with van der Waals surface area (Å²) in [6.45, 7) is 2.34. The molecule has 0 heterocycles. The summed E-state index contributed by atoms with van der Waals surface area (Å²) in [4.78, 5) is 12.0. The number of Topliss-reactive ketones (excluding diaryl/α,β-unsaturated/α-hetero) is 1. The molecule has 3 fully saturated rings. The Morgan fingerprint density at radius 3 is 2.33 bits per heavy atom. The molecule has 1 atom stereocenters. The molecular weight excluding hydrogens is 224 g/mol. The summed E-state index contributed by atoms with van der Waals surface area (Å²) in [6, 6.07) is 0. The third-order valence-corrected chi connectivity index (χ3v) is 5.61. The monoisotopic (exact) mass is 250 g/mol. The maximum atomic E-state index is 12.0. The van der Waals surface area contributed by atoms with Crippen LogP contribution >= 0.6 is 0 Å². The van der Waals surface area contributed by atoms with Gasteiger partial charge in [-0.2, -0.15) is 0 Å². The minimum atomic E-state index is -0.0404. The molecule has 2 heteroatoms. The zero-order valence-electron chi connectivity index (χ0n) is 11.6. The van der Waals surface area contributed by atoms with Gasteiger partial charge in [0.1, 0.15) is 5.78 Å². The highest BCUT2D eigenvalue weighted by Gasteiger charge is 2.55. The molecule has 3 aliphatic carbocycles. The molecule has 0 aliphatic heterocycles. The highest BCUT2D eigenvalue weighted by Crippen LogP contribution is 2.51. The Bertz CT molecular complexity index is 309. The second-order valence-corrected chi connectivity index (χ2v) is 6.85. The Kier molecular flexibility index (Phi) is 3.48. The highest BCUT2D eigenvalue weighted by atomic mass is 16.5. The maximum Gasteiger partial charge on any atom is 0.144 e. The van der Waals surface area contributed by atoms with Crippen LogP contribution in [0.1, 0.15) is 71.1 Å². The van der Waals surface area contributed by atoms with Gasteiger partial charge in [0.15, 0.2) is 0 Å². The first kappa shape index (κ1) is 12.7. The van der Waals surface area contributed by atoms with E-state index in [0.29, 0.717) is 18.3 Å². The zero-order chi connectivity index (χ0) is 12.6. The van der Waals surface area contributed by atoms with Crippen LogP contribution in [0, 0.1) is 11.3 Å². The Hall–Kier alpha value is -0.370. The molecule has 0 bridgehead atoms. The quantitative estimate of drug-likeness (QED) is 0.743. The first-order valence-electron chi connectivity index (χ1n) is 7.89. The lowest BCUT2D eigenvalue weighted by atomic mass is 9.57. The number of carbonyl (C=O) groups is 1. The lowest BCUT2D eigenvalue weighted by molar-refractivity contribution is -0.180. The fourth-order valence-corrected chi connectivity index (χ4v) is 4.18. The summed E-state index contributed by atoms with van der Waals surface area (Å²) >= 11 is 0. The van der Waals surface area contributed by atoms with Crippen molar-refractivity contribution in [2.24, 2.45) is 11.3 Å². The summed E-state index contributed by atoms with van der Waals surface area (Å²) in [5.41, 5.74) is -0.0404. The van der Waals surface area contributed by atoms with Crippen LogP contribution in [0.4, 0.5) is 0 Å².